The van der Waals surface area contributed by atoms with Crippen LogP contribution in [0.3, 0.4) is 0 Å². The molecule has 0 unspecified atom stereocenters. The molecule has 1 aliphatic carbocycles. The fourth-order valence-electron chi connectivity index (χ4n) is 7.62. The van der Waals surface area contributed by atoms with Crippen LogP contribution < -0.4 is 14.2 Å². The zero-order chi connectivity index (χ0) is 30.4. The van der Waals surface area contributed by atoms with Gasteiger partial charge in [0.15, 0.2) is 11.5 Å². The average Bonchev–Trinajstić information content (AvgIpc) is 3.40. The van der Waals surface area contributed by atoms with Gasteiger partial charge in [0.25, 0.3) is 0 Å². The lowest BCUT2D eigenvalue weighted by Crippen LogP contribution is -2.58. The van der Waals surface area contributed by atoms with Crippen LogP contribution in [0.15, 0.2) is 30.3 Å². The number of piperidine rings is 1. The molecular formula is C32H37ClN2O8. The topological polar surface area (TPSA) is 109 Å². The molecule has 2 aliphatic heterocycles. The lowest BCUT2D eigenvalue weighted by Gasteiger charge is -2.52. The van der Waals surface area contributed by atoms with Gasteiger partial charge < -0.3 is 33.4 Å². The van der Waals surface area contributed by atoms with Gasteiger partial charge >= 0.3 is 11.9 Å². The van der Waals surface area contributed by atoms with Crippen molar-refractivity contribution in [3.8, 4) is 17.2 Å². The summed E-state index contributed by atoms with van der Waals surface area (Å²) in [4.78, 5) is 33.1. The summed E-state index contributed by atoms with van der Waals surface area (Å²) in [5.74, 6) is -0.379. The number of fused-ring (bicyclic) bond motifs is 6. The second kappa shape index (κ2) is 11.9. The zero-order valence-corrected chi connectivity index (χ0v) is 25.7. The molecule has 230 valence electrons. The van der Waals surface area contributed by atoms with Gasteiger partial charge in [0.1, 0.15) is 12.2 Å². The van der Waals surface area contributed by atoms with E-state index in [1.165, 1.54) is 39.7 Å². The molecule has 0 amide bonds. The SMILES string of the molecule is COC(=O)[C@@H]1[C@@H]2C[C@@H]3c4[nH]c5ccc(Cl)cc5c4CCN3C[C@@H]2C[C@@H](OC(=O)c2cc(OC)c(OC)c(OC)c2)[C@H]1OC. The maximum Gasteiger partial charge on any atom is 0.338 e. The molecule has 2 aromatic carbocycles. The van der Waals surface area contributed by atoms with Gasteiger partial charge in [-0.05, 0) is 67.0 Å². The van der Waals surface area contributed by atoms with Gasteiger partial charge in [-0.2, -0.15) is 0 Å². The minimum Gasteiger partial charge on any atom is -0.493 e. The van der Waals surface area contributed by atoms with Gasteiger partial charge in [-0.3, -0.25) is 9.69 Å². The summed E-state index contributed by atoms with van der Waals surface area (Å²) >= 11 is 6.34. The number of aromatic nitrogens is 1. The third-order valence-electron chi connectivity index (χ3n) is 9.52. The van der Waals surface area contributed by atoms with Crippen LogP contribution in [0.25, 0.3) is 10.9 Å². The Labute approximate surface area is 255 Å². The predicted molar refractivity (Wildman–Crippen MR) is 159 cm³/mol. The highest BCUT2D eigenvalue weighted by Crippen LogP contribution is 2.50. The van der Waals surface area contributed by atoms with E-state index < -0.39 is 24.1 Å². The van der Waals surface area contributed by atoms with E-state index in [-0.39, 0.29) is 29.4 Å². The highest BCUT2D eigenvalue weighted by atomic mass is 35.5. The summed E-state index contributed by atoms with van der Waals surface area (Å²) in [6, 6.07) is 9.19. The Bertz CT molecular complexity index is 1510. The van der Waals surface area contributed by atoms with Gasteiger partial charge in [0.05, 0.1) is 46.0 Å². The van der Waals surface area contributed by atoms with Crippen LogP contribution >= 0.6 is 11.6 Å². The summed E-state index contributed by atoms with van der Waals surface area (Å²) in [7, 11) is 7.42. The van der Waals surface area contributed by atoms with E-state index >= 15 is 0 Å². The van der Waals surface area contributed by atoms with Crippen LogP contribution in [-0.2, 0) is 25.4 Å². The minimum atomic E-state index is -0.671. The first kappa shape index (κ1) is 29.6. The molecule has 0 spiro atoms. The number of benzene rings is 2. The molecule has 3 heterocycles. The van der Waals surface area contributed by atoms with E-state index in [1.54, 1.807) is 19.2 Å². The van der Waals surface area contributed by atoms with Crippen molar-refractivity contribution >= 4 is 34.4 Å². The molecule has 0 radical (unpaired) electrons. The van der Waals surface area contributed by atoms with Gasteiger partial charge in [0.2, 0.25) is 5.75 Å². The van der Waals surface area contributed by atoms with Crippen LogP contribution in [0.1, 0.15) is 40.5 Å². The molecule has 1 saturated carbocycles. The monoisotopic (exact) mass is 612 g/mol. The van der Waals surface area contributed by atoms with Crippen molar-refractivity contribution in [2.24, 2.45) is 17.8 Å². The maximum absolute atomic E-state index is 13.5. The van der Waals surface area contributed by atoms with E-state index in [0.29, 0.717) is 28.7 Å². The highest BCUT2D eigenvalue weighted by Gasteiger charge is 2.54. The molecular weight excluding hydrogens is 576 g/mol. The third-order valence-corrected chi connectivity index (χ3v) is 9.75. The van der Waals surface area contributed by atoms with E-state index in [1.807, 2.05) is 18.2 Å². The lowest BCUT2D eigenvalue weighted by molar-refractivity contribution is -0.176. The number of nitrogens with one attached hydrogen (secondary N) is 1. The smallest absolute Gasteiger partial charge is 0.338 e. The Morgan fingerprint density at radius 1 is 0.977 bits per heavy atom. The molecule has 6 rings (SSSR count). The van der Waals surface area contributed by atoms with Crippen LogP contribution in [0, 0.1) is 17.8 Å². The molecule has 3 aliphatic rings. The number of nitrogens with zero attached hydrogens (tertiary/aromatic N) is 1. The van der Waals surface area contributed by atoms with Crippen LogP contribution in [-0.4, -0.2) is 82.7 Å². The number of rotatable bonds is 7. The molecule has 0 bridgehead atoms. The van der Waals surface area contributed by atoms with Crippen molar-refractivity contribution in [1.82, 2.24) is 9.88 Å². The fraction of sp³-hybridized carbons (Fsp3) is 0.500. The van der Waals surface area contributed by atoms with Crippen LogP contribution in [0.5, 0.6) is 17.2 Å². The third kappa shape index (κ3) is 5.09. The molecule has 1 aromatic heterocycles. The number of esters is 2. The quantitative estimate of drug-likeness (QED) is 0.376. The number of halogens is 1. The number of carbonyl (C=O) groups is 2. The molecule has 2 fully saturated rings. The first-order chi connectivity index (χ1) is 20.8. The van der Waals surface area contributed by atoms with Crippen LogP contribution in [0.2, 0.25) is 5.02 Å². The predicted octanol–water partition coefficient (Wildman–Crippen LogP) is 4.82. The number of aromatic amines is 1. The number of H-pyrrole nitrogens is 1. The molecule has 10 nitrogen and oxygen atoms in total. The fourth-order valence-corrected chi connectivity index (χ4v) is 7.79. The lowest BCUT2D eigenvalue weighted by atomic mass is 9.63. The van der Waals surface area contributed by atoms with Crippen molar-refractivity contribution in [2.45, 2.75) is 37.5 Å². The summed E-state index contributed by atoms with van der Waals surface area (Å²) in [5, 5.41) is 1.87. The summed E-state index contributed by atoms with van der Waals surface area (Å²) in [5.41, 5.74) is 3.80. The normalized spacial score (nSPS) is 26.6. The summed E-state index contributed by atoms with van der Waals surface area (Å²) in [6.45, 7) is 1.67. The Balaban J connectivity index is 1.30. The van der Waals surface area contributed by atoms with Gasteiger partial charge in [0, 0.05) is 41.8 Å². The second-order valence-corrected chi connectivity index (χ2v) is 11.9. The van der Waals surface area contributed by atoms with E-state index in [4.69, 9.17) is 40.0 Å². The van der Waals surface area contributed by atoms with Gasteiger partial charge in [-0.1, -0.05) is 11.6 Å². The Kier molecular flexibility index (Phi) is 8.19. The van der Waals surface area contributed by atoms with Crippen LogP contribution in [0.4, 0.5) is 0 Å². The van der Waals surface area contributed by atoms with Gasteiger partial charge in [-0.25, -0.2) is 4.79 Å². The summed E-state index contributed by atoms with van der Waals surface area (Å²) < 4.78 is 33.6. The molecule has 6 atom stereocenters. The van der Waals surface area contributed by atoms with E-state index in [0.717, 1.165) is 36.8 Å². The number of hydrogen-bond acceptors (Lipinski definition) is 9. The zero-order valence-electron chi connectivity index (χ0n) is 25.0. The van der Waals surface area contributed by atoms with Gasteiger partial charge in [-0.15, -0.1) is 0 Å². The molecule has 3 aromatic rings. The summed E-state index contributed by atoms with van der Waals surface area (Å²) in [6.07, 6.45) is 0.894. The number of hydrogen-bond donors (Lipinski definition) is 1. The standard InChI is InChI=1S/C32H37ClN2O8/c1-38-24-10-16(11-25(39-2)29(24)40-3)31(36)43-26-12-17-15-35-9-8-19-21-13-18(33)6-7-22(21)34-28(19)23(35)14-20(17)27(30(26)41-4)32(37)42-5/h6-7,10-11,13,17,20,23,26-27,30,34H,8-9,12,14-15H2,1-5H3/t17-,20+,23+,26+,27+,30+/m0/s1. The molecule has 43 heavy (non-hydrogen) atoms. The van der Waals surface area contributed by atoms with Crippen molar-refractivity contribution in [1.29, 1.82) is 0 Å². The van der Waals surface area contributed by atoms with Crippen molar-refractivity contribution in [3.63, 3.8) is 0 Å². The molecule has 1 N–H and O–H groups in total. The Hall–Kier alpha value is -3.47. The highest BCUT2D eigenvalue weighted by molar-refractivity contribution is 6.31. The minimum absolute atomic E-state index is 0.0178. The largest absolute Gasteiger partial charge is 0.493 e. The van der Waals surface area contributed by atoms with E-state index in [2.05, 4.69) is 9.88 Å². The van der Waals surface area contributed by atoms with Crippen molar-refractivity contribution in [3.05, 3.63) is 52.2 Å². The second-order valence-electron chi connectivity index (χ2n) is 11.5. The van der Waals surface area contributed by atoms with Crippen molar-refractivity contribution < 1.29 is 38.0 Å². The van der Waals surface area contributed by atoms with E-state index in [9.17, 15) is 9.59 Å². The Morgan fingerprint density at radius 3 is 2.37 bits per heavy atom. The number of carbonyl (C=O) groups excluding carboxylic acids is 2. The maximum atomic E-state index is 13.5. The Morgan fingerprint density at radius 2 is 1.72 bits per heavy atom. The molecule has 11 heteroatoms. The first-order valence-electron chi connectivity index (χ1n) is 14.5. The molecule has 1 saturated heterocycles. The number of ether oxygens (including phenoxy) is 6. The van der Waals surface area contributed by atoms with Crippen molar-refractivity contribution in [2.75, 3.05) is 48.6 Å². The number of methoxy groups -OCH3 is 5. The average molecular weight is 613 g/mol. The first-order valence-corrected chi connectivity index (χ1v) is 14.8.